The average Bonchev–Trinajstić information content (AvgIpc) is 2.80. The Balaban J connectivity index is 2.03. The molecule has 0 saturated carbocycles. The first-order valence-corrected chi connectivity index (χ1v) is 5.55. The van der Waals surface area contributed by atoms with Crippen molar-refractivity contribution in [2.24, 2.45) is 0 Å². The number of carbonyl (C=O) groups excluding carboxylic acids is 1. The molecule has 1 fully saturated rings. The molecule has 0 aliphatic carbocycles. The van der Waals surface area contributed by atoms with Crippen LogP contribution in [0.5, 0.6) is 0 Å². The molecular weight excluding hydrogens is 210 g/mol. The third kappa shape index (κ3) is 2.38. The maximum atomic E-state index is 11.3. The fraction of sp³-hybridized carbons (Fsp3) is 0.700. The lowest BCUT2D eigenvalue weighted by molar-refractivity contribution is 0.0508. The van der Waals surface area contributed by atoms with Crippen molar-refractivity contribution in [2.75, 3.05) is 13.2 Å². The van der Waals surface area contributed by atoms with Crippen LogP contribution < -0.4 is 5.32 Å². The van der Waals surface area contributed by atoms with Crippen molar-refractivity contribution in [2.45, 2.75) is 32.2 Å². The number of esters is 1. The molecule has 1 saturated heterocycles. The van der Waals surface area contributed by atoms with Gasteiger partial charge in [0.25, 0.3) is 5.82 Å². The number of piperidine rings is 1. The lowest BCUT2D eigenvalue weighted by atomic mass is 10.1. The van der Waals surface area contributed by atoms with Gasteiger partial charge in [-0.15, -0.1) is 0 Å². The van der Waals surface area contributed by atoms with Gasteiger partial charge in [-0.3, -0.25) is 0 Å². The smallest absolute Gasteiger partial charge is 0.379 e. The first-order valence-electron chi connectivity index (χ1n) is 5.55. The highest BCUT2D eigenvalue weighted by atomic mass is 16.5. The monoisotopic (exact) mass is 225 g/mol. The summed E-state index contributed by atoms with van der Waals surface area (Å²) in [6, 6.07) is 0.0735. The van der Waals surface area contributed by atoms with E-state index in [9.17, 15) is 4.79 Å². The number of aromatic nitrogens is 2. The number of nitrogens with zero attached hydrogens (tertiary/aromatic N) is 2. The highest BCUT2D eigenvalue weighted by Gasteiger charge is 2.23. The van der Waals surface area contributed by atoms with Crippen molar-refractivity contribution in [1.82, 2.24) is 15.5 Å². The highest BCUT2D eigenvalue weighted by molar-refractivity contribution is 5.84. The Morgan fingerprint density at radius 2 is 2.50 bits per heavy atom. The molecule has 0 radical (unpaired) electrons. The summed E-state index contributed by atoms with van der Waals surface area (Å²) in [5.41, 5.74) is 0. The highest BCUT2D eigenvalue weighted by Crippen LogP contribution is 2.21. The van der Waals surface area contributed by atoms with Crippen molar-refractivity contribution in [1.29, 1.82) is 0 Å². The minimum absolute atomic E-state index is 0.00391. The van der Waals surface area contributed by atoms with Gasteiger partial charge < -0.3 is 14.6 Å². The van der Waals surface area contributed by atoms with Crippen LogP contribution >= 0.6 is 0 Å². The Morgan fingerprint density at radius 1 is 1.62 bits per heavy atom. The maximum absolute atomic E-state index is 11.3. The number of hydrogen-bond acceptors (Lipinski definition) is 6. The van der Waals surface area contributed by atoms with E-state index >= 15 is 0 Å². The fourth-order valence-corrected chi connectivity index (χ4v) is 1.72. The number of rotatable bonds is 3. The van der Waals surface area contributed by atoms with E-state index in [0.717, 1.165) is 25.8 Å². The second-order valence-corrected chi connectivity index (χ2v) is 3.68. The van der Waals surface area contributed by atoms with E-state index < -0.39 is 5.97 Å². The lowest BCUT2D eigenvalue weighted by Crippen LogP contribution is -2.27. The predicted molar refractivity (Wildman–Crippen MR) is 54.8 cm³/mol. The first kappa shape index (κ1) is 11.1. The van der Waals surface area contributed by atoms with E-state index in [4.69, 9.17) is 9.26 Å². The predicted octanol–water partition coefficient (Wildman–Crippen LogP) is 1.06. The molecule has 16 heavy (non-hydrogen) atoms. The Kier molecular flexibility index (Phi) is 3.51. The second-order valence-electron chi connectivity index (χ2n) is 3.68. The van der Waals surface area contributed by atoms with Crippen molar-refractivity contribution in [3.8, 4) is 0 Å². The minimum atomic E-state index is -0.534. The zero-order valence-electron chi connectivity index (χ0n) is 9.23. The van der Waals surface area contributed by atoms with Crippen LogP contribution in [0.3, 0.4) is 0 Å². The summed E-state index contributed by atoms with van der Waals surface area (Å²) in [6.07, 6.45) is 3.26. The zero-order valence-corrected chi connectivity index (χ0v) is 9.23. The number of carbonyl (C=O) groups is 1. The maximum Gasteiger partial charge on any atom is 0.379 e. The van der Waals surface area contributed by atoms with E-state index in [-0.39, 0.29) is 11.9 Å². The van der Waals surface area contributed by atoms with Crippen LogP contribution in [0.1, 0.15) is 48.7 Å². The van der Waals surface area contributed by atoms with Crippen LogP contribution in [0.15, 0.2) is 4.52 Å². The van der Waals surface area contributed by atoms with Crippen LogP contribution in [0.4, 0.5) is 0 Å². The van der Waals surface area contributed by atoms with Gasteiger partial charge in [0.1, 0.15) is 0 Å². The number of hydrogen-bond donors (Lipinski definition) is 1. The Hall–Kier alpha value is -1.43. The van der Waals surface area contributed by atoms with E-state index in [1.54, 1.807) is 6.92 Å². The van der Waals surface area contributed by atoms with Gasteiger partial charge in [-0.05, 0) is 31.5 Å². The zero-order chi connectivity index (χ0) is 11.4. The molecule has 1 aromatic rings. The summed E-state index contributed by atoms with van der Waals surface area (Å²) < 4.78 is 9.83. The molecule has 0 bridgehead atoms. The molecule has 6 nitrogen and oxygen atoms in total. The molecule has 0 amide bonds. The molecule has 2 rings (SSSR count). The molecule has 88 valence electrons. The summed E-state index contributed by atoms with van der Waals surface area (Å²) in [5.74, 6) is -0.0553. The molecule has 6 heteroatoms. The molecule has 2 heterocycles. The van der Waals surface area contributed by atoms with E-state index in [1.165, 1.54) is 0 Å². The van der Waals surface area contributed by atoms with Gasteiger partial charge in [-0.25, -0.2) is 4.79 Å². The number of ether oxygens (including phenoxy) is 1. The SMILES string of the molecule is CCOC(=O)c1noc([C@H]2CCCCN2)n1. The summed E-state index contributed by atoms with van der Waals surface area (Å²) in [4.78, 5) is 15.4. The quantitative estimate of drug-likeness (QED) is 0.775. The molecule has 1 aromatic heterocycles. The summed E-state index contributed by atoms with van der Waals surface area (Å²) >= 11 is 0. The normalized spacial score (nSPS) is 20.7. The summed E-state index contributed by atoms with van der Waals surface area (Å²) in [6.45, 7) is 2.99. The van der Waals surface area contributed by atoms with Gasteiger partial charge >= 0.3 is 5.97 Å². The van der Waals surface area contributed by atoms with Crippen LogP contribution in [-0.4, -0.2) is 29.3 Å². The third-order valence-corrected chi connectivity index (χ3v) is 2.51. The average molecular weight is 225 g/mol. The van der Waals surface area contributed by atoms with Crippen molar-refractivity contribution < 1.29 is 14.1 Å². The minimum Gasteiger partial charge on any atom is -0.460 e. The fourth-order valence-electron chi connectivity index (χ4n) is 1.72. The van der Waals surface area contributed by atoms with Crippen molar-refractivity contribution >= 4 is 5.97 Å². The third-order valence-electron chi connectivity index (χ3n) is 2.51. The summed E-state index contributed by atoms with van der Waals surface area (Å²) in [5, 5.41) is 6.88. The Morgan fingerprint density at radius 3 is 3.19 bits per heavy atom. The summed E-state index contributed by atoms with van der Waals surface area (Å²) in [7, 11) is 0. The van der Waals surface area contributed by atoms with Crippen molar-refractivity contribution in [3.63, 3.8) is 0 Å². The molecular formula is C10H15N3O3. The van der Waals surface area contributed by atoms with E-state index in [0.29, 0.717) is 12.5 Å². The van der Waals surface area contributed by atoms with Crippen LogP contribution in [0.2, 0.25) is 0 Å². The molecule has 1 N–H and O–H groups in total. The first-order chi connectivity index (χ1) is 7.81. The Labute approximate surface area is 93.4 Å². The van der Waals surface area contributed by atoms with Crippen LogP contribution in [0, 0.1) is 0 Å². The van der Waals surface area contributed by atoms with Crippen LogP contribution in [0.25, 0.3) is 0 Å². The van der Waals surface area contributed by atoms with Gasteiger partial charge in [-0.2, -0.15) is 4.98 Å². The van der Waals surface area contributed by atoms with Crippen LogP contribution in [-0.2, 0) is 4.74 Å². The molecule has 0 aromatic carbocycles. The standard InChI is InChI=1S/C10H15N3O3/c1-2-15-10(14)8-12-9(16-13-8)7-5-3-4-6-11-7/h7,11H,2-6H2,1H3/t7-/m1/s1. The molecule has 1 atom stereocenters. The largest absolute Gasteiger partial charge is 0.460 e. The second kappa shape index (κ2) is 5.07. The molecule has 0 spiro atoms. The lowest BCUT2D eigenvalue weighted by Gasteiger charge is -2.19. The van der Waals surface area contributed by atoms with Gasteiger partial charge in [0, 0.05) is 0 Å². The molecule has 0 unspecified atom stereocenters. The van der Waals surface area contributed by atoms with Gasteiger partial charge in [0.15, 0.2) is 0 Å². The number of nitrogens with one attached hydrogen (secondary N) is 1. The van der Waals surface area contributed by atoms with Gasteiger partial charge in [-0.1, -0.05) is 6.42 Å². The molecule has 1 aliphatic heterocycles. The van der Waals surface area contributed by atoms with Crippen molar-refractivity contribution in [3.05, 3.63) is 11.7 Å². The topological polar surface area (TPSA) is 77.2 Å². The van der Waals surface area contributed by atoms with E-state index in [2.05, 4.69) is 15.5 Å². The van der Waals surface area contributed by atoms with Gasteiger partial charge in [0.05, 0.1) is 12.6 Å². The Bertz CT molecular complexity index is 358. The van der Waals surface area contributed by atoms with E-state index in [1.807, 2.05) is 0 Å². The van der Waals surface area contributed by atoms with Gasteiger partial charge in [0.2, 0.25) is 5.89 Å². The molecule has 1 aliphatic rings.